The number of carboxylic acid groups (broad SMARTS) is 1. The monoisotopic (exact) mass is 945 g/mol. The second-order valence-corrected chi connectivity index (χ2v) is 20.7. The van der Waals surface area contributed by atoms with Crippen LogP contribution in [0.2, 0.25) is 0 Å². The predicted octanol–water partition coefficient (Wildman–Crippen LogP) is -1.88. The number of rotatable bonds is 14. The molecule has 0 unspecified atom stereocenters. The molecule has 1 aliphatic carbocycles. The van der Waals surface area contributed by atoms with Crippen molar-refractivity contribution in [3.05, 3.63) is 124 Å². The van der Waals surface area contributed by atoms with Crippen molar-refractivity contribution in [2.45, 2.75) is 93.8 Å². The summed E-state index contributed by atoms with van der Waals surface area (Å²) in [7, 11) is -14.0. The number of fused-ring (bicyclic) bond motifs is 2. The fraction of sp³-hybridized carbons (Fsp3) is 0.364. The van der Waals surface area contributed by atoms with Crippen molar-refractivity contribution < 1.29 is 142 Å². The van der Waals surface area contributed by atoms with E-state index < -0.39 is 57.8 Å². The van der Waals surface area contributed by atoms with Crippen LogP contribution < -0.4 is 93.6 Å². The van der Waals surface area contributed by atoms with Crippen molar-refractivity contribution in [2.75, 3.05) is 23.7 Å². The van der Waals surface area contributed by atoms with E-state index in [0.29, 0.717) is 36.3 Å². The van der Waals surface area contributed by atoms with Crippen LogP contribution in [0.3, 0.4) is 0 Å². The minimum Gasteiger partial charge on any atom is -0.748 e. The Morgan fingerprint density at radius 2 is 1.38 bits per heavy atom. The van der Waals surface area contributed by atoms with Gasteiger partial charge in [0.05, 0.1) is 30.9 Å². The molecule has 0 amide bonds. The van der Waals surface area contributed by atoms with E-state index >= 15 is 0 Å². The first-order chi connectivity index (χ1) is 27.9. The Kier molecular flexibility index (Phi) is 19.0. The van der Waals surface area contributed by atoms with Crippen molar-refractivity contribution >= 4 is 59.0 Å². The van der Waals surface area contributed by atoms with Crippen LogP contribution in [-0.4, -0.2) is 79.1 Å². The first-order valence-corrected chi connectivity index (χ1v) is 24.1. The molecule has 0 aromatic heterocycles. The Balaban J connectivity index is 0.00000352. The maximum absolute atomic E-state index is 12.1. The van der Waals surface area contributed by atoms with Gasteiger partial charge in [0, 0.05) is 53.2 Å². The van der Waals surface area contributed by atoms with Gasteiger partial charge in [-0.2, -0.15) is 4.58 Å². The van der Waals surface area contributed by atoms with Crippen LogP contribution in [0.25, 0.3) is 5.57 Å². The van der Waals surface area contributed by atoms with Gasteiger partial charge in [0.25, 0.3) is 0 Å². The van der Waals surface area contributed by atoms with Gasteiger partial charge in [-0.1, -0.05) is 51.5 Å². The van der Waals surface area contributed by atoms with E-state index in [-0.39, 0.29) is 112 Å². The summed E-state index contributed by atoms with van der Waals surface area (Å²) < 4.78 is 109. The minimum atomic E-state index is -4.79. The first-order valence-electron chi connectivity index (χ1n) is 19.7. The number of aromatic carboxylic acids is 1. The molecule has 2 heterocycles. The quantitative estimate of drug-likeness (QED) is 0.107. The summed E-state index contributed by atoms with van der Waals surface area (Å²) in [4.78, 5) is 13.3. The Labute approximate surface area is 437 Å². The third kappa shape index (κ3) is 12.3. The number of hydrogen-bond acceptors (Lipinski definition) is 11. The molecule has 0 bridgehead atoms. The van der Waals surface area contributed by atoms with Crippen molar-refractivity contribution in [1.82, 2.24) is 0 Å². The summed E-state index contributed by atoms with van der Waals surface area (Å²) in [5, 5.41) is 9.68. The summed E-state index contributed by atoms with van der Waals surface area (Å²) in [5.74, 6) is -1.68. The van der Waals surface area contributed by atoms with Gasteiger partial charge in [0.1, 0.15) is 26.8 Å². The molecule has 2 aliphatic heterocycles. The third-order valence-electron chi connectivity index (χ3n) is 11.7. The van der Waals surface area contributed by atoms with Crippen molar-refractivity contribution in [1.29, 1.82) is 0 Å². The van der Waals surface area contributed by atoms with Crippen LogP contribution in [0.4, 0.5) is 11.4 Å². The number of unbranched alkanes of at least 4 members (excludes halogenated alkanes) is 1. The number of anilines is 1. The molecule has 3 aromatic rings. The molecule has 13 nitrogen and oxygen atoms in total. The number of nitrogens with zero attached hydrogens (tertiary/aromatic N) is 2. The molecule has 19 heteroatoms. The van der Waals surface area contributed by atoms with Crippen molar-refractivity contribution in [3.8, 4) is 0 Å². The van der Waals surface area contributed by atoms with Gasteiger partial charge in [-0.3, -0.25) is 0 Å². The molecule has 3 aromatic carbocycles. The number of carboxylic acids is 1. The smallest absolute Gasteiger partial charge is 0.748 e. The maximum atomic E-state index is 12.1. The van der Waals surface area contributed by atoms with E-state index in [1.165, 1.54) is 30.3 Å². The number of allylic oxidation sites excluding steroid dienone is 8. The zero-order chi connectivity index (χ0) is 44.0. The van der Waals surface area contributed by atoms with Crippen LogP contribution in [0.5, 0.6) is 0 Å². The summed E-state index contributed by atoms with van der Waals surface area (Å²) >= 11 is 0. The van der Waals surface area contributed by atoms with Gasteiger partial charge in [-0.15, -0.1) is 0 Å². The Morgan fingerprint density at radius 3 is 1.95 bits per heavy atom. The molecule has 0 fully saturated rings. The molecular formula is C44H48N2Na3O11S3+. The average molecular weight is 946 g/mol. The second kappa shape index (κ2) is 21.5. The van der Waals surface area contributed by atoms with Gasteiger partial charge in [-0.25, -0.2) is 30.0 Å². The molecule has 1 N–H and O–H groups in total. The molecule has 0 radical (unpaired) electrons. The normalized spacial score (nSPS) is 18.3. The van der Waals surface area contributed by atoms with E-state index in [1.807, 2.05) is 56.6 Å². The Morgan fingerprint density at radius 1 is 0.778 bits per heavy atom. The Hall–Kier alpha value is -1.71. The Bertz CT molecular complexity index is 2760. The standard InChI is InChI=1S/C44H50N2O11S3.3Na/c1-6-7-24-45-37-20-18-33(59(52,53)54)27-35(37)43(2,3)39(45)22-16-29-10-8-11-30(41(29)31-12-14-32(15-13-31)42(47)48)17-23-40-44(4,5)36-28-34(60(55,56)57)19-21-38(36)46(40)25-9-26-58(49,50)51;;;/h12-23,27-28H,6-11,24-26H2,1-5H3,(H3-,47,48,49,50,51,52,53,54,55,56,57);;;/q;3*+1/p-2. The number of carbonyl (C=O) groups is 1. The molecule has 63 heavy (non-hydrogen) atoms. The molecule has 3 aliphatic rings. The average Bonchev–Trinajstić information content (AvgIpc) is 3.51. The summed E-state index contributed by atoms with van der Waals surface area (Å²) in [6.45, 7) is 10.6. The fourth-order valence-electron chi connectivity index (χ4n) is 8.59. The fourth-order valence-corrected chi connectivity index (χ4v) is 10.1. The van der Waals surface area contributed by atoms with E-state index in [1.54, 1.807) is 30.3 Å². The van der Waals surface area contributed by atoms with Crippen LogP contribution in [0.1, 0.15) is 100 Å². The van der Waals surface area contributed by atoms with E-state index in [4.69, 9.17) is 0 Å². The van der Waals surface area contributed by atoms with Gasteiger partial charge in [0.15, 0.2) is 5.71 Å². The number of hydrogen-bond donors (Lipinski definition) is 1. The topological polar surface area (TPSA) is 215 Å². The minimum absolute atomic E-state index is 0. The van der Waals surface area contributed by atoms with Gasteiger partial charge in [-0.05, 0) is 116 Å². The van der Waals surface area contributed by atoms with Crippen LogP contribution in [-0.2, 0) is 41.2 Å². The zero-order valence-electron chi connectivity index (χ0n) is 37.1. The van der Waals surface area contributed by atoms with Crippen LogP contribution in [0, 0.1) is 0 Å². The third-order valence-corrected chi connectivity index (χ3v) is 14.1. The summed E-state index contributed by atoms with van der Waals surface area (Å²) in [6, 6.07) is 15.2. The molecule has 0 saturated carbocycles. The van der Waals surface area contributed by atoms with Gasteiger partial charge >= 0.3 is 94.6 Å². The number of benzene rings is 3. The largest absolute Gasteiger partial charge is 1.00 e. The van der Waals surface area contributed by atoms with Crippen molar-refractivity contribution in [2.24, 2.45) is 0 Å². The molecular weight excluding hydrogens is 898 g/mol. The molecule has 6 rings (SSSR count). The predicted molar refractivity (Wildman–Crippen MR) is 226 cm³/mol. The molecule has 0 saturated heterocycles. The molecule has 320 valence electrons. The zero-order valence-corrected chi connectivity index (χ0v) is 45.5. The molecule has 0 atom stereocenters. The van der Waals surface area contributed by atoms with E-state index in [9.17, 15) is 48.8 Å². The maximum Gasteiger partial charge on any atom is 1.00 e. The first kappa shape index (κ1) is 55.6. The summed E-state index contributed by atoms with van der Waals surface area (Å²) in [5.41, 5.74) is 6.38. The van der Waals surface area contributed by atoms with E-state index in [0.717, 1.165) is 58.5 Å². The van der Waals surface area contributed by atoms with Crippen molar-refractivity contribution in [3.63, 3.8) is 0 Å². The summed E-state index contributed by atoms with van der Waals surface area (Å²) in [6.07, 6.45) is 11.8. The second-order valence-electron chi connectivity index (χ2n) is 16.4. The SMILES string of the molecule is CCCCN1C(=CC=C2CCCC(C=CC3=[N+](CCCS(=O)(=O)[O-])c4ccc(S(=O)(=O)[O-])cc4C3(C)C)=C2c2ccc(C(=O)O)cc2)C(C)(C)c2cc(S(=O)(=O)[O-])ccc21.[Na+].[Na+].[Na+]. The van der Waals surface area contributed by atoms with Crippen LogP contribution >= 0.6 is 0 Å². The molecule has 0 spiro atoms. The van der Waals surface area contributed by atoms with Gasteiger partial charge < -0.3 is 23.7 Å². The van der Waals surface area contributed by atoms with E-state index in [2.05, 4.69) is 11.8 Å². The van der Waals surface area contributed by atoms with Crippen LogP contribution in [0.15, 0.2) is 112 Å². The van der Waals surface area contributed by atoms with Gasteiger partial charge in [0.2, 0.25) is 5.69 Å².